The number of rotatable bonds is 3. The normalized spacial score (nSPS) is 45.7. The average Bonchev–Trinajstić information content (AvgIpc) is 2.66. The molecule has 0 radical (unpaired) electrons. The Morgan fingerprint density at radius 2 is 1.35 bits per heavy atom. The summed E-state index contributed by atoms with van der Waals surface area (Å²) < 4.78 is 12.6. The van der Waals surface area contributed by atoms with Gasteiger partial charge in [-0.1, -0.05) is 76.2 Å². The molecule has 2 rings (SSSR count). The Bertz CT molecular complexity index is 357. The lowest BCUT2D eigenvalue weighted by atomic mass is 9.72. The van der Waals surface area contributed by atoms with Gasteiger partial charge < -0.3 is 14.6 Å². The predicted molar refractivity (Wildman–Crippen MR) is 112 cm³/mol. The Morgan fingerprint density at radius 1 is 0.808 bits per heavy atom. The maximum absolute atomic E-state index is 10.7. The second-order valence-corrected chi connectivity index (χ2v) is 8.17. The van der Waals surface area contributed by atoms with Crippen LogP contribution in [0.3, 0.4) is 0 Å². The minimum Gasteiger partial charge on any atom is -0.390 e. The van der Waals surface area contributed by atoms with Crippen molar-refractivity contribution in [1.82, 2.24) is 0 Å². The van der Waals surface area contributed by atoms with Crippen LogP contribution in [0.2, 0.25) is 0 Å². The van der Waals surface area contributed by atoms with E-state index in [1.165, 1.54) is 0 Å². The summed E-state index contributed by atoms with van der Waals surface area (Å²) in [6.07, 6.45) is 1.74. The number of hydrogen-bond donors (Lipinski definition) is 1. The lowest BCUT2D eigenvalue weighted by Crippen LogP contribution is -2.52. The molecule has 3 heteroatoms. The average molecular weight is 373 g/mol. The lowest BCUT2D eigenvalue weighted by molar-refractivity contribution is -0.288. The molecule has 0 aromatic carbocycles. The zero-order valence-corrected chi connectivity index (χ0v) is 19.5. The number of aliphatic hydroxyl groups is 1. The first-order chi connectivity index (χ1) is 12.3. The summed E-state index contributed by atoms with van der Waals surface area (Å²) in [5.41, 5.74) is 0. The third-order valence-electron chi connectivity index (χ3n) is 6.75. The van der Waals surface area contributed by atoms with E-state index in [0.717, 1.165) is 12.8 Å². The summed E-state index contributed by atoms with van der Waals surface area (Å²) in [5, 5.41) is 10.7. The molecule has 0 spiro atoms. The Morgan fingerprint density at radius 3 is 1.85 bits per heavy atom. The maximum Gasteiger partial charge on any atom is 0.161 e. The first kappa shape index (κ1) is 25.9. The van der Waals surface area contributed by atoms with Crippen molar-refractivity contribution < 1.29 is 14.6 Å². The lowest BCUT2D eigenvalue weighted by Gasteiger charge is -2.47. The van der Waals surface area contributed by atoms with Crippen molar-refractivity contribution >= 4 is 0 Å². The molecule has 1 heterocycles. The minimum absolute atomic E-state index is 0.100. The van der Waals surface area contributed by atoms with Gasteiger partial charge in [0.1, 0.15) is 0 Å². The molecule has 0 amide bonds. The summed E-state index contributed by atoms with van der Waals surface area (Å²) in [7, 11) is 0. The van der Waals surface area contributed by atoms with Crippen LogP contribution in [0.1, 0.15) is 89.0 Å². The zero-order chi connectivity index (χ0) is 20.6. The van der Waals surface area contributed by atoms with Gasteiger partial charge >= 0.3 is 0 Å². The molecule has 158 valence electrons. The number of ether oxygens (including phenoxy) is 2. The molecule has 2 aliphatic rings. The van der Waals surface area contributed by atoms with Crippen molar-refractivity contribution in [3.8, 4) is 0 Å². The molecular weight excluding hydrogens is 324 g/mol. The van der Waals surface area contributed by atoms with E-state index >= 15 is 0 Å². The summed E-state index contributed by atoms with van der Waals surface area (Å²) >= 11 is 0. The highest BCUT2D eigenvalue weighted by molar-refractivity contribution is 4.90. The molecule has 1 aliphatic carbocycles. The van der Waals surface area contributed by atoms with Crippen LogP contribution in [0.5, 0.6) is 0 Å². The van der Waals surface area contributed by atoms with Crippen molar-refractivity contribution in [2.24, 2.45) is 35.5 Å². The van der Waals surface area contributed by atoms with Gasteiger partial charge in [-0.3, -0.25) is 0 Å². The summed E-state index contributed by atoms with van der Waals surface area (Å²) in [4.78, 5) is 0. The monoisotopic (exact) mass is 372 g/mol. The second kappa shape index (κ2) is 12.4. The van der Waals surface area contributed by atoms with Gasteiger partial charge in [-0.25, -0.2) is 0 Å². The van der Waals surface area contributed by atoms with Crippen molar-refractivity contribution in [2.45, 2.75) is 114 Å². The molecule has 1 N–H and O–H groups in total. The molecule has 0 aromatic heterocycles. The molecule has 1 saturated heterocycles. The van der Waals surface area contributed by atoms with Crippen molar-refractivity contribution in [1.29, 1.82) is 0 Å². The number of hydrogen-bond acceptors (Lipinski definition) is 3. The molecule has 10 unspecified atom stereocenters. The minimum atomic E-state index is -0.385. The molecular formula is C23H48O3. The van der Waals surface area contributed by atoms with Crippen molar-refractivity contribution in [3.63, 3.8) is 0 Å². The van der Waals surface area contributed by atoms with Crippen LogP contribution in [-0.2, 0) is 9.47 Å². The highest BCUT2D eigenvalue weighted by atomic mass is 16.7. The Balaban J connectivity index is 0.00000146. The smallest absolute Gasteiger partial charge is 0.161 e. The van der Waals surface area contributed by atoms with Crippen LogP contribution >= 0.6 is 0 Å². The second-order valence-electron chi connectivity index (χ2n) is 8.17. The van der Waals surface area contributed by atoms with Crippen LogP contribution in [0.4, 0.5) is 0 Å². The van der Waals surface area contributed by atoms with Crippen LogP contribution in [-0.4, -0.2) is 29.7 Å². The number of aliphatic hydroxyl groups excluding tert-OH is 1. The van der Waals surface area contributed by atoms with Gasteiger partial charge in [0, 0.05) is 5.92 Å². The summed E-state index contributed by atoms with van der Waals surface area (Å²) in [5.74, 6) is 2.73. The predicted octanol–water partition coefficient (Wildman–Crippen LogP) is 6.14. The first-order valence-electron chi connectivity index (χ1n) is 11.3. The van der Waals surface area contributed by atoms with E-state index in [0.29, 0.717) is 35.5 Å². The molecule has 10 atom stereocenters. The van der Waals surface area contributed by atoms with E-state index in [4.69, 9.17) is 9.47 Å². The quantitative estimate of drug-likeness (QED) is 0.646. The van der Waals surface area contributed by atoms with Gasteiger partial charge in [-0.2, -0.15) is 0 Å². The van der Waals surface area contributed by atoms with Gasteiger partial charge in [0.2, 0.25) is 0 Å². The third-order valence-corrected chi connectivity index (χ3v) is 6.75. The van der Waals surface area contributed by atoms with Gasteiger partial charge in [-0.05, 0) is 42.4 Å². The van der Waals surface area contributed by atoms with E-state index in [9.17, 15) is 5.11 Å². The Kier molecular flexibility index (Phi) is 12.3. The van der Waals surface area contributed by atoms with Gasteiger partial charge in [0.25, 0.3) is 0 Å². The third kappa shape index (κ3) is 5.94. The van der Waals surface area contributed by atoms with Gasteiger partial charge in [0.15, 0.2) is 6.29 Å². The van der Waals surface area contributed by atoms with Gasteiger partial charge in [-0.15, -0.1) is 0 Å². The van der Waals surface area contributed by atoms with Crippen molar-refractivity contribution in [2.75, 3.05) is 0 Å². The molecule has 3 nitrogen and oxygen atoms in total. The maximum atomic E-state index is 10.7. The van der Waals surface area contributed by atoms with Crippen LogP contribution in [0.15, 0.2) is 0 Å². The standard InChI is InChI=1S/C19H36O3.2C2H6/c1-8-16-14(6)13(5)15(7)19(21-16)22-18-11(3)9-10(2)12(4)17(18)20;2*1-2/h10-20H,8-9H2,1-7H3;2*1-2H3. The Hall–Kier alpha value is -0.120. The topological polar surface area (TPSA) is 38.7 Å². The Labute approximate surface area is 164 Å². The molecule has 1 aliphatic heterocycles. The highest BCUT2D eigenvalue weighted by Crippen LogP contribution is 2.41. The molecule has 0 bridgehead atoms. The molecule has 26 heavy (non-hydrogen) atoms. The fourth-order valence-electron chi connectivity index (χ4n) is 4.39. The van der Waals surface area contributed by atoms with E-state index in [1.807, 2.05) is 27.7 Å². The molecule has 0 aromatic rings. The van der Waals surface area contributed by atoms with E-state index in [-0.39, 0.29) is 24.6 Å². The van der Waals surface area contributed by atoms with E-state index < -0.39 is 0 Å². The summed E-state index contributed by atoms with van der Waals surface area (Å²) in [6, 6.07) is 0. The van der Waals surface area contributed by atoms with Crippen LogP contribution in [0.25, 0.3) is 0 Å². The fraction of sp³-hybridized carbons (Fsp3) is 1.00. The van der Waals surface area contributed by atoms with Crippen molar-refractivity contribution in [3.05, 3.63) is 0 Å². The largest absolute Gasteiger partial charge is 0.390 e. The first-order valence-corrected chi connectivity index (χ1v) is 11.3. The molecule has 1 saturated carbocycles. The van der Waals surface area contributed by atoms with Crippen LogP contribution in [0, 0.1) is 35.5 Å². The highest BCUT2D eigenvalue weighted by Gasteiger charge is 2.44. The van der Waals surface area contributed by atoms with Gasteiger partial charge in [0.05, 0.1) is 18.3 Å². The molecule has 2 fully saturated rings. The van der Waals surface area contributed by atoms with E-state index in [1.54, 1.807) is 0 Å². The summed E-state index contributed by atoms with van der Waals surface area (Å²) in [6.45, 7) is 23.6. The SMILES string of the molecule is CC.CC.CCC1OC(OC2C(C)CC(C)C(C)C2O)C(C)C(C)C1C. The van der Waals surface area contributed by atoms with E-state index in [2.05, 4.69) is 48.5 Å². The fourth-order valence-corrected chi connectivity index (χ4v) is 4.39. The van der Waals surface area contributed by atoms with Crippen LogP contribution < -0.4 is 0 Å². The zero-order valence-electron chi connectivity index (χ0n) is 19.5.